The van der Waals surface area contributed by atoms with Gasteiger partial charge in [-0.1, -0.05) is 12.8 Å². The summed E-state index contributed by atoms with van der Waals surface area (Å²) in [5.74, 6) is -0.121. The highest BCUT2D eigenvalue weighted by atomic mass is 32.2. The zero-order valence-corrected chi connectivity index (χ0v) is 11.2. The highest BCUT2D eigenvalue weighted by molar-refractivity contribution is 7.90. The number of nitrogens with zero attached hydrogens (tertiary/aromatic N) is 1. The second-order valence-corrected chi connectivity index (χ2v) is 7.02. The maximum absolute atomic E-state index is 12.0. The van der Waals surface area contributed by atoms with Crippen LogP contribution in [0, 0.1) is 0 Å². The Bertz CT molecular complexity index is 346. The molecule has 1 saturated heterocycles. The highest BCUT2D eigenvalue weighted by Gasteiger charge is 2.22. The summed E-state index contributed by atoms with van der Waals surface area (Å²) >= 11 is 0. The Morgan fingerprint density at radius 1 is 1.24 bits per heavy atom. The number of likely N-dealkylation sites (tertiary alicyclic amines) is 1. The third-order valence-corrected chi connectivity index (χ3v) is 4.01. The Labute approximate surface area is 103 Å². The Morgan fingerprint density at radius 2 is 1.76 bits per heavy atom. The average Bonchev–Trinajstić information content (AvgIpc) is 2.52. The molecule has 17 heavy (non-hydrogen) atoms. The smallest absolute Gasteiger partial charge is 0.239 e. The monoisotopic (exact) mass is 262 g/mol. The SMILES string of the molecule is CS(=O)(=O)CCC(N)C(=O)N1CCCCCC1. The van der Waals surface area contributed by atoms with Crippen molar-refractivity contribution in [3.63, 3.8) is 0 Å². The summed E-state index contributed by atoms with van der Waals surface area (Å²) in [7, 11) is -3.04. The van der Waals surface area contributed by atoms with E-state index in [0.29, 0.717) is 0 Å². The molecule has 1 amide bonds. The Hall–Kier alpha value is -0.620. The maximum Gasteiger partial charge on any atom is 0.239 e. The number of carbonyl (C=O) groups is 1. The van der Waals surface area contributed by atoms with Gasteiger partial charge in [0.05, 0.1) is 11.8 Å². The highest BCUT2D eigenvalue weighted by Crippen LogP contribution is 2.11. The van der Waals surface area contributed by atoms with E-state index in [1.807, 2.05) is 0 Å². The molecular formula is C11H22N2O3S. The molecule has 1 aliphatic rings. The molecule has 0 spiro atoms. The van der Waals surface area contributed by atoms with E-state index >= 15 is 0 Å². The molecule has 100 valence electrons. The topological polar surface area (TPSA) is 80.5 Å². The minimum absolute atomic E-state index is 0.0201. The molecule has 1 heterocycles. The van der Waals surface area contributed by atoms with Crippen LogP contribution < -0.4 is 5.73 Å². The fraction of sp³-hybridized carbons (Fsp3) is 0.909. The lowest BCUT2D eigenvalue weighted by molar-refractivity contribution is -0.132. The molecule has 1 unspecified atom stereocenters. The van der Waals surface area contributed by atoms with E-state index in [9.17, 15) is 13.2 Å². The summed E-state index contributed by atoms with van der Waals surface area (Å²) in [6, 6.07) is -0.678. The van der Waals surface area contributed by atoms with Gasteiger partial charge in [-0.15, -0.1) is 0 Å². The summed E-state index contributed by atoms with van der Waals surface area (Å²) in [5, 5.41) is 0. The van der Waals surface area contributed by atoms with Crippen molar-refractivity contribution in [2.24, 2.45) is 5.73 Å². The summed E-state index contributed by atoms with van der Waals surface area (Å²) in [6.45, 7) is 1.51. The van der Waals surface area contributed by atoms with Crippen LogP contribution in [0.4, 0.5) is 0 Å². The number of carbonyl (C=O) groups excluding carboxylic acids is 1. The second kappa shape index (κ2) is 6.35. The van der Waals surface area contributed by atoms with Crippen LogP contribution >= 0.6 is 0 Å². The summed E-state index contributed by atoms with van der Waals surface area (Å²) in [6.07, 6.45) is 5.73. The van der Waals surface area contributed by atoms with E-state index in [0.717, 1.165) is 45.0 Å². The average molecular weight is 262 g/mol. The van der Waals surface area contributed by atoms with Crippen molar-refractivity contribution in [1.82, 2.24) is 4.90 Å². The number of sulfone groups is 1. The van der Waals surface area contributed by atoms with Gasteiger partial charge < -0.3 is 10.6 Å². The van der Waals surface area contributed by atoms with Gasteiger partial charge in [-0.2, -0.15) is 0 Å². The van der Waals surface area contributed by atoms with Gasteiger partial charge in [-0.3, -0.25) is 4.79 Å². The minimum atomic E-state index is -3.04. The summed E-state index contributed by atoms with van der Waals surface area (Å²) < 4.78 is 22.0. The molecule has 0 aromatic rings. The Kier molecular flexibility index (Phi) is 5.39. The van der Waals surface area contributed by atoms with Gasteiger partial charge in [-0.25, -0.2) is 8.42 Å². The van der Waals surface area contributed by atoms with E-state index in [1.54, 1.807) is 4.90 Å². The first-order valence-electron chi connectivity index (χ1n) is 6.12. The number of nitrogens with two attached hydrogens (primary N) is 1. The Balaban J connectivity index is 2.44. The standard InChI is InChI=1S/C11H22N2O3S/c1-17(15,16)9-6-10(12)11(14)13-7-4-2-3-5-8-13/h10H,2-9,12H2,1H3. The first-order valence-corrected chi connectivity index (χ1v) is 8.18. The van der Waals surface area contributed by atoms with Crippen LogP contribution in [0.25, 0.3) is 0 Å². The quantitative estimate of drug-likeness (QED) is 0.782. The maximum atomic E-state index is 12.0. The van der Waals surface area contributed by atoms with Crippen molar-refractivity contribution in [3.8, 4) is 0 Å². The van der Waals surface area contributed by atoms with Gasteiger partial charge in [0.15, 0.2) is 0 Å². The number of hydrogen-bond donors (Lipinski definition) is 1. The van der Waals surface area contributed by atoms with Crippen LogP contribution in [0.3, 0.4) is 0 Å². The van der Waals surface area contributed by atoms with Crippen molar-refractivity contribution in [2.75, 3.05) is 25.1 Å². The van der Waals surface area contributed by atoms with E-state index in [-0.39, 0.29) is 18.1 Å². The Morgan fingerprint density at radius 3 is 2.24 bits per heavy atom. The second-order valence-electron chi connectivity index (χ2n) is 4.76. The normalized spacial score (nSPS) is 19.8. The van der Waals surface area contributed by atoms with Crippen LogP contribution in [0.5, 0.6) is 0 Å². The summed E-state index contributed by atoms with van der Waals surface area (Å²) in [4.78, 5) is 13.8. The molecule has 0 saturated carbocycles. The van der Waals surface area contributed by atoms with E-state index in [2.05, 4.69) is 0 Å². The lowest BCUT2D eigenvalue weighted by Gasteiger charge is -2.23. The predicted octanol–water partition coefficient (Wildman–Crippen LogP) is 0.151. The van der Waals surface area contributed by atoms with E-state index in [1.165, 1.54) is 0 Å². The van der Waals surface area contributed by atoms with E-state index in [4.69, 9.17) is 5.73 Å². The van der Waals surface area contributed by atoms with Gasteiger partial charge in [0, 0.05) is 19.3 Å². The molecule has 5 nitrogen and oxygen atoms in total. The molecule has 1 fully saturated rings. The van der Waals surface area contributed by atoms with Gasteiger partial charge in [0.2, 0.25) is 5.91 Å². The first kappa shape index (κ1) is 14.4. The molecule has 0 radical (unpaired) electrons. The molecule has 0 aromatic heterocycles. The predicted molar refractivity (Wildman–Crippen MR) is 67.4 cm³/mol. The fourth-order valence-corrected chi connectivity index (χ4v) is 2.67. The van der Waals surface area contributed by atoms with Crippen LogP contribution in [-0.4, -0.2) is 50.4 Å². The zero-order valence-electron chi connectivity index (χ0n) is 10.4. The molecule has 1 rings (SSSR count). The largest absolute Gasteiger partial charge is 0.341 e. The van der Waals surface area contributed by atoms with Crippen molar-refractivity contribution in [2.45, 2.75) is 38.1 Å². The molecule has 0 bridgehead atoms. The van der Waals surface area contributed by atoms with Crippen molar-refractivity contribution in [3.05, 3.63) is 0 Å². The molecule has 6 heteroatoms. The minimum Gasteiger partial charge on any atom is -0.341 e. The molecule has 2 N–H and O–H groups in total. The summed E-state index contributed by atoms with van der Waals surface area (Å²) in [5.41, 5.74) is 5.75. The lowest BCUT2D eigenvalue weighted by Crippen LogP contribution is -2.44. The third kappa shape index (κ3) is 5.50. The molecular weight excluding hydrogens is 240 g/mol. The molecule has 1 atom stereocenters. The number of hydrogen-bond acceptors (Lipinski definition) is 4. The van der Waals surface area contributed by atoms with Gasteiger partial charge >= 0.3 is 0 Å². The van der Waals surface area contributed by atoms with Crippen LogP contribution in [0.2, 0.25) is 0 Å². The molecule has 1 aliphatic heterocycles. The molecule has 0 aromatic carbocycles. The van der Waals surface area contributed by atoms with Crippen LogP contribution in [0.15, 0.2) is 0 Å². The van der Waals surface area contributed by atoms with Gasteiger partial charge in [-0.05, 0) is 19.3 Å². The number of amides is 1. The van der Waals surface area contributed by atoms with Crippen molar-refractivity contribution >= 4 is 15.7 Å². The lowest BCUT2D eigenvalue weighted by atomic mass is 10.2. The van der Waals surface area contributed by atoms with Crippen LogP contribution in [-0.2, 0) is 14.6 Å². The van der Waals surface area contributed by atoms with Gasteiger partial charge in [0.25, 0.3) is 0 Å². The zero-order chi connectivity index (χ0) is 12.9. The van der Waals surface area contributed by atoms with E-state index < -0.39 is 15.9 Å². The third-order valence-electron chi connectivity index (χ3n) is 3.03. The van der Waals surface area contributed by atoms with Crippen molar-refractivity contribution < 1.29 is 13.2 Å². The molecule has 0 aliphatic carbocycles. The van der Waals surface area contributed by atoms with Gasteiger partial charge in [0.1, 0.15) is 9.84 Å². The van der Waals surface area contributed by atoms with Crippen LogP contribution in [0.1, 0.15) is 32.1 Å². The fourth-order valence-electron chi connectivity index (χ4n) is 1.99. The van der Waals surface area contributed by atoms with Crippen molar-refractivity contribution in [1.29, 1.82) is 0 Å². The first-order chi connectivity index (χ1) is 7.90. The number of rotatable bonds is 4.